The molecule has 0 aromatic heterocycles. The Hall–Kier alpha value is -4.60. The maximum absolute atomic E-state index is 13.7. The average molecular weight is 550 g/mol. The van der Waals surface area contributed by atoms with E-state index in [2.05, 4.69) is 5.32 Å². The Labute approximate surface area is 234 Å². The zero-order chi connectivity index (χ0) is 29.1. The largest absolute Gasteiger partial charge is 0.497 e. The number of nitro benzene ring substituents is 1. The van der Waals surface area contributed by atoms with Crippen molar-refractivity contribution in [2.45, 2.75) is 45.3 Å². The minimum absolute atomic E-state index is 0.0121. The number of ether oxygens (including phenoxy) is 3. The highest BCUT2D eigenvalue weighted by molar-refractivity contribution is 5.88. The number of hydrogen-bond donors (Lipinski definition) is 1. The number of rotatable bonds is 14. The van der Waals surface area contributed by atoms with Crippen molar-refractivity contribution in [2.75, 3.05) is 20.8 Å². The molecule has 0 fully saturated rings. The number of benzene rings is 3. The maximum Gasteiger partial charge on any atom is 0.311 e. The molecule has 2 amide bonds. The first-order chi connectivity index (χ1) is 19.2. The first-order valence-electron chi connectivity index (χ1n) is 13.0. The second-order valence-corrected chi connectivity index (χ2v) is 9.28. The summed E-state index contributed by atoms with van der Waals surface area (Å²) in [6, 6.07) is 19.9. The minimum Gasteiger partial charge on any atom is -0.497 e. The fourth-order valence-corrected chi connectivity index (χ4v) is 4.09. The Morgan fingerprint density at radius 3 is 2.33 bits per heavy atom. The average Bonchev–Trinajstić information content (AvgIpc) is 2.97. The topological polar surface area (TPSA) is 120 Å². The second-order valence-electron chi connectivity index (χ2n) is 9.28. The van der Waals surface area contributed by atoms with E-state index < -0.39 is 23.5 Å². The third-order valence-corrected chi connectivity index (χ3v) is 6.47. The number of hydrogen-bond acceptors (Lipinski definition) is 7. The van der Waals surface area contributed by atoms with Crippen LogP contribution in [0.3, 0.4) is 0 Å². The van der Waals surface area contributed by atoms with Crippen LogP contribution in [0.15, 0.2) is 72.8 Å². The highest BCUT2D eigenvalue weighted by atomic mass is 16.6. The summed E-state index contributed by atoms with van der Waals surface area (Å²) < 4.78 is 16.2. The van der Waals surface area contributed by atoms with E-state index >= 15 is 0 Å². The number of nitrogens with one attached hydrogen (secondary N) is 1. The van der Waals surface area contributed by atoms with Gasteiger partial charge in [-0.05, 0) is 42.7 Å². The maximum atomic E-state index is 13.7. The van der Waals surface area contributed by atoms with Crippen molar-refractivity contribution < 1.29 is 28.7 Å². The third-order valence-electron chi connectivity index (χ3n) is 6.47. The molecule has 0 radical (unpaired) electrons. The van der Waals surface area contributed by atoms with Crippen LogP contribution in [-0.2, 0) is 22.6 Å². The van der Waals surface area contributed by atoms with E-state index in [1.165, 1.54) is 30.2 Å². The summed E-state index contributed by atoms with van der Waals surface area (Å²) in [4.78, 5) is 39.5. The molecule has 1 N–H and O–H groups in total. The molecule has 0 heterocycles. The van der Waals surface area contributed by atoms with Gasteiger partial charge in [-0.1, -0.05) is 49.4 Å². The molecule has 3 aromatic rings. The standard InChI is InChI=1S/C30H35N3O7/c1-5-21(2)31-30(35)27(17-22-10-7-6-8-11-22)32(19-23-12-9-13-24(16-23)38-3)29(34)20-40-25-14-15-26(33(36)37)28(18-25)39-4/h6-16,18,21,27H,5,17,19-20H2,1-4H3,(H,31,35)/t21-,27-/m1/s1. The molecule has 0 saturated carbocycles. The lowest BCUT2D eigenvalue weighted by Crippen LogP contribution is -2.53. The number of carbonyl (C=O) groups excluding carboxylic acids is 2. The molecular formula is C30H35N3O7. The fraction of sp³-hybridized carbons (Fsp3) is 0.333. The Balaban J connectivity index is 1.94. The molecule has 0 unspecified atom stereocenters. The van der Waals surface area contributed by atoms with Gasteiger partial charge >= 0.3 is 5.69 Å². The molecule has 2 atom stereocenters. The fourth-order valence-electron chi connectivity index (χ4n) is 4.09. The Bertz CT molecular complexity index is 1300. The first kappa shape index (κ1) is 29.9. The van der Waals surface area contributed by atoms with E-state index in [4.69, 9.17) is 14.2 Å². The SMILES string of the molecule is CC[C@@H](C)NC(=O)[C@@H](Cc1ccccc1)N(Cc1cccc(OC)c1)C(=O)COc1ccc([N+](=O)[O-])c(OC)c1. The van der Waals surface area contributed by atoms with E-state index in [-0.39, 0.29) is 35.7 Å². The molecule has 3 aromatic carbocycles. The molecule has 0 aliphatic rings. The van der Waals surface area contributed by atoms with Gasteiger partial charge in [-0.3, -0.25) is 19.7 Å². The van der Waals surface area contributed by atoms with Crippen molar-refractivity contribution in [3.8, 4) is 17.2 Å². The summed E-state index contributed by atoms with van der Waals surface area (Å²) in [6.45, 7) is 3.63. The number of methoxy groups -OCH3 is 2. The number of carbonyl (C=O) groups is 2. The van der Waals surface area contributed by atoms with Gasteiger partial charge in [0, 0.05) is 31.1 Å². The number of amides is 2. The molecule has 0 aliphatic carbocycles. The van der Waals surface area contributed by atoms with Crippen LogP contribution in [0.1, 0.15) is 31.4 Å². The molecule has 40 heavy (non-hydrogen) atoms. The van der Waals surface area contributed by atoms with Gasteiger partial charge in [0.05, 0.1) is 19.1 Å². The molecule has 10 nitrogen and oxygen atoms in total. The van der Waals surface area contributed by atoms with Crippen molar-refractivity contribution in [1.29, 1.82) is 0 Å². The van der Waals surface area contributed by atoms with Gasteiger partial charge in [0.15, 0.2) is 6.61 Å². The highest BCUT2D eigenvalue weighted by Gasteiger charge is 2.31. The normalized spacial score (nSPS) is 12.1. The zero-order valence-corrected chi connectivity index (χ0v) is 23.2. The molecule has 0 spiro atoms. The van der Waals surface area contributed by atoms with Gasteiger partial charge in [-0.25, -0.2) is 0 Å². The van der Waals surface area contributed by atoms with Gasteiger partial charge in [0.1, 0.15) is 17.5 Å². The van der Waals surface area contributed by atoms with Gasteiger partial charge in [-0.2, -0.15) is 0 Å². The Morgan fingerprint density at radius 2 is 1.68 bits per heavy atom. The van der Waals surface area contributed by atoms with Crippen LogP contribution < -0.4 is 19.5 Å². The zero-order valence-electron chi connectivity index (χ0n) is 23.2. The summed E-state index contributed by atoms with van der Waals surface area (Å²) in [5, 5.41) is 14.3. The Morgan fingerprint density at radius 1 is 0.950 bits per heavy atom. The highest BCUT2D eigenvalue weighted by Crippen LogP contribution is 2.31. The van der Waals surface area contributed by atoms with Crippen LogP contribution in [0.25, 0.3) is 0 Å². The van der Waals surface area contributed by atoms with Crippen molar-refractivity contribution >= 4 is 17.5 Å². The molecule has 0 aliphatic heterocycles. The van der Waals surface area contributed by atoms with E-state index in [9.17, 15) is 19.7 Å². The third kappa shape index (κ3) is 8.20. The van der Waals surface area contributed by atoms with Crippen LogP contribution in [0.5, 0.6) is 17.2 Å². The summed E-state index contributed by atoms with van der Waals surface area (Å²) in [7, 11) is 2.88. The van der Waals surface area contributed by atoms with Crippen LogP contribution in [0.4, 0.5) is 5.69 Å². The smallest absolute Gasteiger partial charge is 0.311 e. The lowest BCUT2D eigenvalue weighted by atomic mass is 10.0. The van der Waals surface area contributed by atoms with Crippen molar-refractivity contribution in [1.82, 2.24) is 10.2 Å². The first-order valence-corrected chi connectivity index (χ1v) is 13.0. The van der Waals surface area contributed by atoms with E-state index in [0.29, 0.717) is 12.2 Å². The van der Waals surface area contributed by atoms with Gasteiger partial charge in [-0.15, -0.1) is 0 Å². The molecule has 10 heteroatoms. The second kappa shape index (κ2) is 14.5. The van der Waals surface area contributed by atoms with E-state index in [1.54, 1.807) is 13.2 Å². The van der Waals surface area contributed by atoms with Crippen molar-refractivity contribution in [2.24, 2.45) is 0 Å². The quantitative estimate of drug-likeness (QED) is 0.231. The summed E-state index contributed by atoms with van der Waals surface area (Å²) >= 11 is 0. The van der Waals surface area contributed by atoms with Crippen LogP contribution in [0.2, 0.25) is 0 Å². The monoisotopic (exact) mass is 549 g/mol. The predicted molar refractivity (Wildman–Crippen MR) is 151 cm³/mol. The molecular weight excluding hydrogens is 514 g/mol. The molecule has 212 valence electrons. The lowest BCUT2D eigenvalue weighted by molar-refractivity contribution is -0.385. The van der Waals surface area contributed by atoms with Crippen LogP contribution in [-0.4, -0.2) is 54.5 Å². The minimum atomic E-state index is -0.829. The predicted octanol–water partition coefficient (Wildman–Crippen LogP) is 4.55. The molecule has 0 bridgehead atoms. The molecule has 0 saturated heterocycles. The number of nitrogens with zero attached hydrogens (tertiary/aromatic N) is 2. The Kier molecular flexibility index (Phi) is 10.9. The van der Waals surface area contributed by atoms with Crippen molar-refractivity contribution in [3.63, 3.8) is 0 Å². The van der Waals surface area contributed by atoms with Crippen LogP contribution in [0, 0.1) is 10.1 Å². The number of nitro groups is 1. The molecule has 3 rings (SSSR count). The summed E-state index contributed by atoms with van der Waals surface area (Å²) in [5.74, 6) is 0.161. The summed E-state index contributed by atoms with van der Waals surface area (Å²) in [5.41, 5.74) is 1.46. The van der Waals surface area contributed by atoms with E-state index in [1.807, 2.05) is 62.4 Å². The van der Waals surface area contributed by atoms with Gasteiger partial charge < -0.3 is 24.4 Å². The van der Waals surface area contributed by atoms with E-state index in [0.717, 1.165) is 17.5 Å². The van der Waals surface area contributed by atoms with Crippen LogP contribution >= 0.6 is 0 Å². The van der Waals surface area contributed by atoms with Gasteiger partial charge in [0.2, 0.25) is 11.7 Å². The van der Waals surface area contributed by atoms with Gasteiger partial charge in [0.25, 0.3) is 5.91 Å². The van der Waals surface area contributed by atoms with Crippen molar-refractivity contribution in [3.05, 3.63) is 94.0 Å². The summed E-state index contributed by atoms with van der Waals surface area (Å²) in [6.07, 6.45) is 1.03. The lowest BCUT2D eigenvalue weighted by Gasteiger charge is -2.32.